The third-order valence-electron chi connectivity index (χ3n) is 1.17. The van der Waals surface area contributed by atoms with E-state index in [2.05, 4.69) is 4.42 Å². The zero-order chi connectivity index (χ0) is 8.85. The fourth-order valence-electron chi connectivity index (χ4n) is 0.635. The van der Waals surface area contributed by atoms with Crippen molar-refractivity contribution >= 4 is 12.6 Å². The van der Waals surface area contributed by atoms with Crippen LogP contribution in [0.3, 0.4) is 0 Å². The van der Waals surface area contributed by atoms with Crippen molar-refractivity contribution in [2.45, 2.75) is 20.8 Å². The normalized spacial score (nSPS) is 8.45. The molecule has 0 saturated carbocycles. The van der Waals surface area contributed by atoms with E-state index in [1.54, 1.807) is 6.92 Å². The highest BCUT2D eigenvalue weighted by Gasteiger charge is 2.14. The molecule has 0 aliphatic carbocycles. The molecule has 2 N–H and O–H groups in total. The predicted octanol–water partition coefficient (Wildman–Crippen LogP) is 0.294. The molecule has 62 valence electrons. The first-order valence-corrected chi connectivity index (χ1v) is 3.60. The zero-order valence-electron chi connectivity index (χ0n) is 7.03. The number of aryl methyl sites for hydroxylation is 1. The van der Waals surface area contributed by atoms with Gasteiger partial charge in [0.15, 0.2) is 0 Å². The lowest BCUT2D eigenvalue weighted by Gasteiger charge is -1.91. The highest BCUT2D eigenvalue weighted by atomic mass is 16.4. The second kappa shape index (κ2) is 4.99. The first kappa shape index (κ1) is 10.3. The van der Waals surface area contributed by atoms with Crippen LogP contribution in [0, 0.1) is 6.92 Å². The summed E-state index contributed by atoms with van der Waals surface area (Å²) in [5.74, 6) is 0. The Morgan fingerprint density at radius 2 is 1.82 bits per heavy atom. The molecular weight excluding hydrogens is 143 g/mol. The highest BCUT2D eigenvalue weighted by molar-refractivity contribution is 6.59. The van der Waals surface area contributed by atoms with Gasteiger partial charge >= 0.3 is 7.12 Å². The fourth-order valence-corrected chi connectivity index (χ4v) is 0.635. The highest BCUT2D eigenvalue weighted by Crippen LogP contribution is 1.93. The van der Waals surface area contributed by atoms with Crippen molar-refractivity contribution < 1.29 is 14.5 Å². The number of hydrogen-bond acceptors (Lipinski definition) is 3. The van der Waals surface area contributed by atoms with Crippen LogP contribution < -0.4 is 5.46 Å². The number of furan rings is 1. The van der Waals surface area contributed by atoms with Gasteiger partial charge in [-0.2, -0.15) is 0 Å². The Morgan fingerprint density at radius 3 is 2.00 bits per heavy atom. The molecule has 0 aliphatic heterocycles. The van der Waals surface area contributed by atoms with Gasteiger partial charge in [0.25, 0.3) is 0 Å². The molecule has 1 aromatic heterocycles. The van der Waals surface area contributed by atoms with Gasteiger partial charge in [0.2, 0.25) is 0 Å². The minimum Gasteiger partial charge on any atom is -0.473 e. The Hall–Kier alpha value is -0.735. The number of hydrogen-bond donors (Lipinski definition) is 2. The molecule has 1 aromatic rings. The topological polar surface area (TPSA) is 53.6 Å². The Bertz CT molecular complexity index is 195. The van der Waals surface area contributed by atoms with Crippen LogP contribution in [0.2, 0.25) is 0 Å². The molecule has 4 heteroatoms. The molecule has 0 saturated heterocycles. The summed E-state index contributed by atoms with van der Waals surface area (Å²) in [6, 6.07) is 0. The Labute approximate surface area is 66.8 Å². The minimum atomic E-state index is -1.41. The van der Waals surface area contributed by atoms with Gasteiger partial charge < -0.3 is 14.5 Å². The summed E-state index contributed by atoms with van der Waals surface area (Å²) in [7, 11) is -1.41. The average molecular weight is 156 g/mol. The molecule has 11 heavy (non-hydrogen) atoms. The van der Waals surface area contributed by atoms with Crippen molar-refractivity contribution in [1.82, 2.24) is 0 Å². The maximum Gasteiger partial charge on any atom is 0.492 e. The van der Waals surface area contributed by atoms with E-state index in [1.807, 2.05) is 13.8 Å². The van der Waals surface area contributed by atoms with Gasteiger partial charge in [-0.1, -0.05) is 13.8 Å². The van der Waals surface area contributed by atoms with E-state index in [0.717, 1.165) is 5.56 Å². The van der Waals surface area contributed by atoms with E-state index in [4.69, 9.17) is 10.0 Å². The summed E-state index contributed by atoms with van der Waals surface area (Å²) in [4.78, 5) is 0. The molecule has 3 nitrogen and oxygen atoms in total. The van der Waals surface area contributed by atoms with Crippen LogP contribution in [0.5, 0.6) is 0 Å². The van der Waals surface area contributed by atoms with Crippen LogP contribution in [-0.4, -0.2) is 17.2 Å². The van der Waals surface area contributed by atoms with Gasteiger partial charge in [0, 0.05) is 5.46 Å². The van der Waals surface area contributed by atoms with Gasteiger partial charge in [0.1, 0.15) is 0 Å². The first-order valence-electron chi connectivity index (χ1n) is 3.60. The molecule has 0 radical (unpaired) electrons. The van der Waals surface area contributed by atoms with Crippen molar-refractivity contribution in [1.29, 1.82) is 0 Å². The maximum atomic E-state index is 8.59. The second-order valence-corrected chi connectivity index (χ2v) is 1.88. The lowest BCUT2D eigenvalue weighted by molar-refractivity contribution is 0.425. The van der Waals surface area contributed by atoms with Crippen LogP contribution in [-0.2, 0) is 0 Å². The summed E-state index contributed by atoms with van der Waals surface area (Å²) < 4.78 is 4.69. The predicted molar refractivity (Wildman–Crippen MR) is 44.6 cm³/mol. The van der Waals surface area contributed by atoms with E-state index in [9.17, 15) is 0 Å². The smallest absolute Gasteiger partial charge is 0.473 e. The minimum absolute atomic E-state index is 0.426. The molecule has 0 bridgehead atoms. The van der Waals surface area contributed by atoms with Crippen LogP contribution in [0.1, 0.15) is 19.4 Å². The molecule has 0 atom stereocenters. The molecule has 0 aromatic carbocycles. The van der Waals surface area contributed by atoms with E-state index in [-0.39, 0.29) is 0 Å². The quantitative estimate of drug-likeness (QED) is 0.574. The van der Waals surface area contributed by atoms with Crippen LogP contribution in [0.15, 0.2) is 16.9 Å². The van der Waals surface area contributed by atoms with Crippen molar-refractivity contribution in [3.05, 3.63) is 18.1 Å². The van der Waals surface area contributed by atoms with E-state index in [0.29, 0.717) is 5.46 Å². The molecule has 0 unspecified atom stereocenters. The van der Waals surface area contributed by atoms with Crippen LogP contribution in [0.25, 0.3) is 0 Å². The van der Waals surface area contributed by atoms with Crippen molar-refractivity contribution in [3.8, 4) is 0 Å². The molecule has 0 amide bonds. The fraction of sp³-hybridized carbons (Fsp3) is 0.429. The van der Waals surface area contributed by atoms with Gasteiger partial charge in [-0.15, -0.1) is 0 Å². The van der Waals surface area contributed by atoms with E-state index >= 15 is 0 Å². The van der Waals surface area contributed by atoms with Gasteiger partial charge in [0.05, 0.1) is 12.5 Å². The van der Waals surface area contributed by atoms with E-state index in [1.165, 1.54) is 12.5 Å². The SMILES string of the molecule is CC.Cc1cocc1B(O)O. The zero-order valence-corrected chi connectivity index (χ0v) is 7.03. The lowest BCUT2D eigenvalue weighted by atomic mass is 9.80. The van der Waals surface area contributed by atoms with Gasteiger partial charge in [-0.25, -0.2) is 0 Å². The third-order valence-corrected chi connectivity index (χ3v) is 1.17. The van der Waals surface area contributed by atoms with Gasteiger partial charge in [-0.3, -0.25) is 0 Å². The largest absolute Gasteiger partial charge is 0.492 e. The van der Waals surface area contributed by atoms with Gasteiger partial charge in [-0.05, 0) is 12.5 Å². The molecule has 0 spiro atoms. The Balaban J connectivity index is 0.000000461. The standard InChI is InChI=1S/C5H7BO3.C2H6/c1-4-2-9-3-5(4)6(7)8;1-2/h2-3,7-8H,1H3;1-2H3. The summed E-state index contributed by atoms with van der Waals surface area (Å²) in [5, 5.41) is 17.2. The van der Waals surface area contributed by atoms with E-state index < -0.39 is 7.12 Å². The monoisotopic (exact) mass is 156 g/mol. The second-order valence-electron chi connectivity index (χ2n) is 1.88. The summed E-state index contributed by atoms with van der Waals surface area (Å²) in [6.07, 6.45) is 2.79. The Morgan fingerprint density at radius 1 is 1.27 bits per heavy atom. The first-order chi connectivity index (χ1) is 5.22. The van der Waals surface area contributed by atoms with Crippen LogP contribution in [0.4, 0.5) is 0 Å². The lowest BCUT2D eigenvalue weighted by Crippen LogP contribution is -2.30. The van der Waals surface area contributed by atoms with Crippen LogP contribution >= 0.6 is 0 Å². The molecule has 1 rings (SSSR count). The molecule has 1 heterocycles. The molecule has 0 fully saturated rings. The van der Waals surface area contributed by atoms with Crippen molar-refractivity contribution in [2.24, 2.45) is 0 Å². The number of rotatable bonds is 1. The van der Waals surface area contributed by atoms with Crippen molar-refractivity contribution in [2.75, 3.05) is 0 Å². The molecule has 0 aliphatic rings. The average Bonchev–Trinajstić information content (AvgIpc) is 2.39. The van der Waals surface area contributed by atoms with Crippen molar-refractivity contribution in [3.63, 3.8) is 0 Å². The molecular formula is C7H13BO3. The third kappa shape index (κ3) is 2.78. The Kier molecular flexibility index (Phi) is 4.65. The maximum absolute atomic E-state index is 8.59. The summed E-state index contributed by atoms with van der Waals surface area (Å²) in [5.41, 5.74) is 1.18. The summed E-state index contributed by atoms with van der Waals surface area (Å²) in [6.45, 7) is 5.75. The summed E-state index contributed by atoms with van der Waals surface area (Å²) >= 11 is 0.